The summed E-state index contributed by atoms with van der Waals surface area (Å²) in [5.74, 6) is 1.08. The van der Waals surface area contributed by atoms with E-state index in [9.17, 15) is 0 Å². The quantitative estimate of drug-likeness (QED) is 0.661. The van der Waals surface area contributed by atoms with Crippen molar-refractivity contribution in [2.24, 2.45) is 5.73 Å². The number of hydrogen-bond donors (Lipinski definition) is 1. The molecule has 1 aliphatic heterocycles. The molecular weight excluding hydrogens is 162 g/mol. The fourth-order valence-electron chi connectivity index (χ4n) is 1.30. The second-order valence-electron chi connectivity index (χ2n) is 2.97. The highest BCUT2D eigenvalue weighted by molar-refractivity contribution is 5.34. The Bertz CT molecular complexity index is 223. The highest BCUT2D eigenvalue weighted by Crippen LogP contribution is 2.22. The van der Waals surface area contributed by atoms with Crippen molar-refractivity contribution in [3.8, 4) is 5.75 Å². The molecule has 2 heteroatoms. The second kappa shape index (κ2) is 5.60. The summed E-state index contributed by atoms with van der Waals surface area (Å²) in [6.45, 7) is 3.54. The van der Waals surface area contributed by atoms with Gasteiger partial charge >= 0.3 is 0 Å². The van der Waals surface area contributed by atoms with E-state index in [1.807, 2.05) is 19.1 Å². The minimum absolute atomic E-state index is 0.750. The Labute approximate surface area is 79.7 Å². The largest absolute Gasteiger partial charge is 0.493 e. The molecule has 0 radical (unpaired) electrons. The standard InChI is InChI=1S/C9H10O.C2H7N/c1-2-6-9-8(4-1)5-3-7-10-9;1-2-3/h1-2,4,6H,3,5,7H2;2-3H2,1H3. The predicted molar refractivity (Wildman–Crippen MR) is 55.0 cm³/mol. The molecule has 1 aromatic rings. The smallest absolute Gasteiger partial charge is 0.122 e. The third-order valence-corrected chi connectivity index (χ3v) is 1.82. The summed E-state index contributed by atoms with van der Waals surface area (Å²) in [6.07, 6.45) is 2.34. The minimum atomic E-state index is 0.750. The van der Waals surface area contributed by atoms with Gasteiger partial charge in [-0.15, -0.1) is 0 Å². The third-order valence-electron chi connectivity index (χ3n) is 1.82. The van der Waals surface area contributed by atoms with Gasteiger partial charge in [0.2, 0.25) is 0 Å². The van der Waals surface area contributed by atoms with E-state index in [0.717, 1.165) is 25.3 Å². The lowest BCUT2D eigenvalue weighted by Gasteiger charge is -2.15. The highest BCUT2D eigenvalue weighted by Gasteiger charge is 2.06. The fraction of sp³-hybridized carbons (Fsp3) is 0.455. The number of benzene rings is 1. The van der Waals surface area contributed by atoms with Crippen LogP contribution in [0.3, 0.4) is 0 Å². The van der Waals surface area contributed by atoms with Crippen LogP contribution in [0.25, 0.3) is 0 Å². The van der Waals surface area contributed by atoms with Gasteiger partial charge in [-0.25, -0.2) is 0 Å². The molecule has 1 aromatic carbocycles. The van der Waals surface area contributed by atoms with Gasteiger partial charge in [0, 0.05) is 0 Å². The maximum absolute atomic E-state index is 5.42. The molecule has 0 atom stereocenters. The zero-order valence-corrected chi connectivity index (χ0v) is 8.12. The van der Waals surface area contributed by atoms with Crippen LogP contribution in [0.15, 0.2) is 24.3 Å². The molecule has 2 nitrogen and oxygen atoms in total. The molecule has 0 aromatic heterocycles. The van der Waals surface area contributed by atoms with Gasteiger partial charge in [-0.2, -0.15) is 0 Å². The lowest BCUT2D eigenvalue weighted by Crippen LogP contribution is -2.07. The summed E-state index contributed by atoms with van der Waals surface area (Å²) >= 11 is 0. The van der Waals surface area contributed by atoms with E-state index >= 15 is 0 Å². The van der Waals surface area contributed by atoms with Gasteiger partial charge in [0.1, 0.15) is 5.75 Å². The summed E-state index contributed by atoms with van der Waals surface area (Å²) in [4.78, 5) is 0. The number of hydrogen-bond acceptors (Lipinski definition) is 2. The Morgan fingerprint density at radius 1 is 1.38 bits per heavy atom. The lowest BCUT2D eigenvalue weighted by atomic mass is 10.1. The highest BCUT2D eigenvalue weighted by atomic mass is 16.5. The third kappa shape index (κ3) is 3.07. The Morgan fingerprint density at radius 2 is 2.08 bits per heavy atom. The molecule has 0 bridgehead atoms. The summed E-state index contributed by atoms with van der Waals surface area (Å²) in [7, 11) is 0. The van der Waals surface area contributed by atoms with Gasteiger partial charge in [-0.05, 0) is 31.0 Å². The van der Waals surface area contributed by atoms with Gasteiger partial charge in [-0.3, -0.25) is 0 Å². The van der Waals surface area contributed by atoms with Gasteiger partial charge in [0.25, 0.3) is 0 Å². The van der Waals surface area contributed by atoms with Crippen molar-refractivity contribution in [3.63, 3.8) is 0 Å². The van der Waals surface area contributed by atoms with Crippen molar-refractivity contribution in [2.45, 2.75) is 19.8 Å². The van der Waals surface area contributed by atoms with Crippen LogP contribution in [0.1, 0.15) is 18.9 Å². The fourth-order valence-corrected chi connectivity index (χ4v) is 1.30. The minimum Gasteiger partial charge on any atom is -0.493 e. The molecule has 0 saturated carbocycles. The van der Waals surface area contributed by atoms with Crippen LogP contribution in [-0.4, -0.2) is 13.2 Å². The average molecular weight is 179 g/mol. The number of aryl methyl sites for hydroxylation is 1. The number of ether oxygens (including phenoxy) is 1. The average Bonchev–Trinajstić information content (AvgIpc) is 2.19. The molecule has 0 unspecified atom stereocenters. The van der Waals surface area contributed by atoms with Gasteiger partial charge in [0.05, 0.1) is 6.61 Å². The van der Waals surface area contributed by atoms with E-state index < -0.39 is 0 Å². The van der Waals surface area contributed by atoms with Crippen LogP contribution in [0.5, 0.6) is 5.75 Å². The maximum Gasteiger partial charge on any atom is 0.122 e. The summed E-state index contributed by atoms with van der Waals surface area (Å²) in [6, 6.07) is 8.25. The van der Waals surface area contributed by atoms with Crippen LogP contribution in [0.2, 0.25) is 0 Å². The molecule has 0 fully saturated rings. The van der Waals surface area contributed by atoms with E-state index in [2.05, 4.69) is 12.1 Å². The number of fused-ring (bicyclic) bond motifs is 1. The Morgan fingerprint density at radius 3 is 2.77 bits per heavy atom. The van der Waals surface area contributed by atoms with Crippen LogP contribution in [0.4, 0.5) is 0 Å². The number of para-hydroxylation sites is 1. The van der Waals surface area contributed by atoms with Crippen molar-refractivity contribution in [2.75, 3.05) is 13.2 Å². The van der Waals surface area contributed by atoms with Gasteiger partial charge < -0.3 is 10.5 Å². The van der Waals surface area contributed by atoms with E-state index in [4.69, 9.17) is 10.5 Å². The van der Waals surface area contributed by atoms with Crippen LogP contribution < -0.4 is 10.5 Å². The molecule has 2 N–H and O–H groups in total. The van der Waals surface area contributed by atoms with E-state index in [1.54, 1.807) is 0 Å². The van der Waals surface area contributed by atoms with Crippen LogP contribution in [0, 0.1) is 0 Å². The molecule has 0 amide bonds. The molecule has 13 heavy (non-hydrogen) atoms. The van der Waals surface area contributed by atoms with E-state index in [0.29, 0.717) is 0 Å². The first-order valence-corrected chi connectivity index (χ1v) is 4.79. The summed E-state index contributed by atoms with van der Waals surface area (Å²) < 4.78 is 5.42. The molecular formula is C11H17NO. The van der Waals surface area contributed by atoms with Gasteiger partial charge in [0.15, 0.2) is 0 Å². The SMILES string of the molecule is CCN.c1ccc2c(c1)CCCO2. The molecule has 0 spiro atoms. The van der Waals surface area contributed by atoms with Crippen molar-refractivity contribution >= 4 is 0 Å². The number of rotatable bonds is 0. The van der Waals surface area contributed by atoms with E-state index in [1.165, 1.54) is 12.0 Å². The monoisotopic (exact) mass is 179 g/mol. The first-order valence-electron chi connectivity index (χ1n) is 4.79. The molecule has 0 saturated heterocycles. The van der Waals surface area contributed by atoms with Crippen molar-refractivity contribution in [1.82, 2.24) is 0 Å². The van der Waals surface area contributed by atoms with Crippen LogP contribution >= 0.6 is 0 Å². The zero-order valence-electron chi connectivity index (χ0n) is 8.12. The molecule has 1 aliphatic rings. The number of nitrogens with two attached hydrogens (primary N) is 1. The predicted octanol–water partition coefficient (Wildman–Crippen LogP) is 1.98. The Kier molecular flexibility index (Phi) is 4.33. The van der Waals surface area contributed by atoms with E-state index in [-0.39, 0.29) is 0 Å². The molecule has 1 heterocycles. The van der Waals surface area contributed by atoms with Gasteiger partial charge in [-0.1, -0.05) is 25.1 Å². The first kappa shape index (κ1) is 10.1. The summed E-state index contributed by atoms with van der Waals surface area (Å²) in [5, 5.41) is 0. The Balaban J connectivity index is 0.000000251. The van der Waals surface area contributed by atoms with Crippen LogP contribution in [-0.2, 0) is 6.42 Å². The topological polar surface area (TPSA) is 35.2 Å². The zero-order chi connectivity index (χ0) is 9.52. The van der Waals surface area contributed by atoms with Crippen molar-refractivity contribution in [3.05, 3.63) is 29.8 Å². The molecule has 0 aliphatic carbocycles. The normalized spacial score (nSPS) is 13.4. The first-order chi connectivity index (χ1) is 6.38. The Hall–Kier alpha value is -1.02. The van der Waals surface area contributed by atoms with Crippen molar-refractivity contribution < 1.29 is 4.74 Å². The lowest BCUT2D eigenvalue weighted by molar-refractivity contribution is 0.288. The second-order valence-corrected chi connectivity index (χ2v) is 2.97. The maximum atomic E-state index is 5.42. The van der Waals surface area contributed by atoms with Crippen molar-refractivity contribution in [1.29, 1.82) is 0 Å². The molecule has 72 valence electrons. The summed E-state index contributed by atoms with van der Waals surface area (Å²) in [5.41, 5.74) is 6.20. The molecule has 2 rings (SSSR count).